The summed E-state index contributed by atoms with van der Waals surface area (Å²) < 4.78 is 0.759. The summed E-state index contributed by atoms with van der Waals surface area (Å²) in [7, 11) is 0. The highest BCUT2D eigenvalue weighted by Crippen LogP contribution is 1.95. The van der Waals surface area contributed by atoms with Gasteiger partial charge in [0.25, 0.3) is 0 Å². The van der Waals surface area contributed by atoms with Gasteiger partial charge in [0.2, 0.25) is 0 Å². The fraction of sp³-hybridized carbons (Fsp3) is 0.100. The van der Waals surface area contributed by atoms with Crippen molar-refractivity contribution in [2.45, 2.75) is 6.92 Å². The summed E-state index contributed by atoms with van der Waals surface area (Å²) in [6, 6.07) is 9.42. The molecule has 2 nitrogen and oxygen atoms in total. The van der Waals surface area contributed by atoms with E-state index >= 15 is 0 Å². The Morgan fingerprint density at radius 3 is 2.50 bits per heavy atom. The van der Waals surface area contributed by atoms with Crippen molar-refractivity contribution >= 4 is 6.21 Å². The maximum absolute atomic E-state index is 11.1. The van der Waals surface area contributed by atoms with Crippen LogP contribution >= 0.6 is 0 Å². The van der Waals surface area contributed by atoms with Crippen molar-refractivity contribution < 1.29 is 4.74 Å². The lowest BCUT2D eigenvalue weighted by atomic mass is 10.2. The molecule has 0 saturated heterocycles. The fourth-order valence-corrected chi connectivity index (χ4v) is 0.785. The van der Waals surface area contributed by atoms with Crippen LogP contribution in [0.1, 0.15) is 12.5 Å². The molecule has 0 aliphatic heterocycles. The van der Waals surface area contributed by atoms with Crippen LogP contribution in [-0.2, 0) is 0 Å². The molecule has 0 unspecified atom stereocenters. The van der Waals surface area contributed by atoms with Gasteiger partial charge in [-0.15, -0.1) is 0 Å². The van der Waals surface area contributed by atoms with Gasteiger partial charge in [0, 0.05) is 12.5 Å². The Hall–Kier alpha value is -1.57. The van der Waals surface area contributed by atoms with Crippen LogP contribution in [0.5, 0.6) is 0 Å². The largest absolute Gasteiger partial charge is 0.619 e. The van der Waals surface area contributed by atoms with Crippen molar-refractivity contribution in [1.29, 1.82) is 0 Å². The van der Waals surface area contributed by atoms with Crippen molar-refractivity contribution in [3.8, 4) is 0 Å². The van der Waals surface area contributed by atoms with Crippen molar-refractivity contribution in [2.75, 3.05) is 0 Å². The van der Waals surface area contributed by atoms with Crippen LogP contribution in [-0.4, -0.2) is 11.0 Å². The number of hydrogen-bond donors (Lipinski definition) is 0. The minimum Gasteiger partial charge on any atom is -0.619 e. The summed E-state index contributed by atoms with van der Waals surface area (Å²) in [6.07, 6.45) is 1.50. The molecule has 0 heterocycles. The Morgan fingerprint density at radius 1 is 1.42 bits per heavy atom. The average Bonchev–Trinajstić information content (AvgIpc) is 2.06. The number of allylic oxidation sites excluding steroid dienone is 1. The van der Waals surface area contributed by atoms with E-state index in [1.807, 2.05) is 30.3 Å². The molecule has 2 heteroatoms. The maximum Gasteiger partial charge on any atom is 0.187 e. The van der Waals surface area contributed by atoms with Crippen molar-refractivity contribution in [2.24, 2.45) is 0 Å². The van der Waals surface area contributed by atoms with Crippen LogP contribution in [0, 0.1) is 5.21 Å². The van der Waals surface area contributed by atoms with Gasteiger partial charge < -0.3 is 5.21 Å². The molecule has 1 aromatic rings. The van der Waals surface area contributed by atoms with Crippen molar-refractivity contribution in [3.63, 3.8) is 0 Å². The molecule has 0 fully saturated rings. The summed E-state index contributed by atoms with van der Waals surface area (Å²) in [6.45, 7) is 5.21. The van der Waals surface area contributed by atoms with Gasteiger partial charge in [-0.25, -0.2) is 0 Å². The summed E-state index contributed by atoms with van der Waals surface area (Å²) in [4.78, 5) is 0. The van der Waals surface area contributed by atoms with Gasteiger partial charge in [0.15, 0.2) is 11.9 Å². The monoisotopic (exact) mass is 161 g/mol. The van der Waals surface area contributed by atoms with Crippen molar-refractivity contribution in [1.82, 2.24) is 0 Å². The van der Waals surface area contributed by atoms with Crippen LogP contribution in [0.15, 0.2) is 42.6 Å². The molecule has 0 saturated carbocycles. The van der Waals surface area contributed by atoms with Crippen LogP contribution < -0.4 is 0 Å². The van der Waals surface area contributed by atoms with E-state index in [2.05, 4.69) is 6.58 Å². The van der Waals surface area contributed by atoms with E-state index in [9.17, 15) is 5.21 Å². The predicted molar refractivity (Wildman–Crippen MR) is 50.0 cm³/mol. The first-order valence-corrected chi connectivity index (χ1v) is 3.72. The lowest BCUT2D eigenvalue weighted by Gasteiger charge is -2.00. The van der Waals surface area contributed by atoms with Crippen molar-refractivity contribution in [3.05, 3.63) is 53.4 Å². The molecule has 0 spiro atoms. The molecule has 12 heavy (non-hydrogen) atoms. The number of nitrogens with zero attached hydrogens (tertiary/aromatic N) is 1. The quantitative estimate of drug-likeness (QED) is 0.282. The molecule has 62 valence electrons. The zero-order valence-corrected chi connectivity index (χ0v) is 7.03. The SMILES string of the molecule is C=C(C)/[N+]([O-])=C/c1ccccc1. The van der Waals surface area contributed by atoms with E-state index in [4.69, 9.17) is 0 Å². The maximum atomic E-state index is 11.1. The van der Waals surface area contributed by atoms with Crippen LogP contribution in [0.4, 0.5) is 0 Å². The summed E-state index contributed by atoms with van der Waals surface area (Å²) in [5, 5.41) is 11.1. The van der Waals surface area contributed by atoms with E-state index in [-0.39, 0.29) is 0 Å². The van der Waals surface area contributed by atoms with E-state index < -0.39 is 0 Å². The first-order chi connectivity index (χ1) is 5.70. The number of rotatable bonds is 2. The van der Waals surface area contributed by atoms with Crippen LogP contribution in [0.2, 0.25) is 0 Å². The third-order valence-electron chi connectivity index (χ3n) is 1.44. The molecule has 0 atom stereocenters. The second-order valence-corrected chi connectivity index (χ2v) is 2.60. The molecule has 0 aliphatic rings. The minimum absolute atomic E-state index is 0.485. The average molecular weight is 161 g/mol. The normalized spacial score (nSPS) is 11.2. The molecule has 1 rings (SSSR count). The van der Waals surface area contributed by atoms with Gasteiger partial charge in [-0.3, -0.25) is 0 Å². The molecular formula is C10H11NO. The van der Waals surface area contributed by atoms with Crippen LogP contribution in [0.3, 0.4) is 0 Å². The number of benzene rings is 1. The first kappa shape index (κ1) is 8.53. The Labute approximate surface area is 72.1 Å². The van der Waals surface area contributed by atoms with Gasteiger partial charge in [0.1, 0.15) is 0 Å². The first-order valence-electron chi connectivity index (χ1n) is 3.72. The summed E-state index contributed by atoms with van der Waals surface area (Å²) >= 11 is 0. The third-order valence-corrected chi connectivity index (χ3v) is 1.44. The van der Waals surface area contributed by atoms with Gasteiger partial charge in [-0.1, -0.05) is 18.2 Å². The van der Waals surface area contributed by atoms with Gasteiger partial charge in [-0.2, -0.15) is 4.74 Å². The molecule has 0 N–H and O–H groups in total. The van der Waals surface area contributed by atoms with E-state index in [0.717, 1.165) is 10.3 Å². The minimum atomic E-state index is 0.485. The molecule has 0 bridgehead atoms. The van der Waals surface area contributed by atoms with Crippen LogP contribution in [0.25, 0.3) is 0 Å². The molecule has 0 radical (unpaired) electrons. The standard InChI is InChI=1S/C10H11NO/c1-9(2)11(12)8-10-6-4-3-5-7-10/h3-8H,1H2,2H3/b11-8-. The highest BCUT2D eigenvalue weighted by atomic mass is 16.5. The second kappa shape index (κ2) is 3.72. The Morgan fingerprint density at radius 2 is 2.00 bits per heavy atom. The second-order valence-electron chi connectivity index (χ2n) is 2.60. The summed E-state index contributed by atoms with van der Waals surface area (Å²) in [5.74, 6) is 0. The molecule has 0 aromatic heterocycles. The Bertz CT molecular complexity index is 301. The fourth-order valence-electron chi connectivity index (χ4n) is 0.785. The molecule has 1 aromatic carbocycles. The Kier molecular flexibility index (Phi) is 2.64. The molecule has 0 amide bonds. The topological polar surface area (TPSA) is 26.1 Å². The summed E-state index contributed by atoms with van der Waals surface area (Å²) in [5.41, 5.74) is 1.37. The number of hydrogen-bond acceptors (Lipinski definition) is 1. The van der Waals surface area contributed by atoms with E-state index in [1.165, 1.54) is 6.21 Å². The van der Waals surface area contributed by atoms with E-state index in [1.54, 1.807) is 6.92 Å². The highest BCUT2D eigenvalue weighted by Gasteiger charge is 1.94. The zero-order valence-electron chi connectivity index (χ0n) is 7.03. The molecular weight excluding hydrogens is 150 g/mol. The lowest BCUT2D eigenvalue weighted by molar-refractivity contribution is -0.394. The van der Waals surface area contributed by atoms with E-state index in [0.29, 0.717) is 5.70 Å². The smallest absolute Gasteiger partial charge is 0.187 e. The highest BCUT2D eigenvalue weighted by molar-refractivity contribution is 5.75. The third kappa shape index (κ3) is 2.23. The van der Waals surface area contributed by atoms with Gasteiger partial charge in [-0.05, 0) is 18.7 Å². The Balaban J connectivity index is 2.89. The van der Waals surface area contributed by atoms with Gasteiger partial charge >= 0.3 is 0 Å². The lowest BCUT2D eigenvalue weighted by Crippen LogP contribution is -2.01. The predicted octanol–water partition coefficient (Wildman–Crippen LogP) is 2.15. The zero-order chi connectivity index (χ0) is 8.97. The molecule has 0 aliphatic carbocycles. The van der Waals surface area contributed by atoms with Gasteiger partial charge in [0.05, 0.1) is 0 Å². The number of hydroxylamine groups is 1.